The fraction of sp³-hybridized carbons (Fsp3) is 0.350. The van der Waals surface area contributed by atoms with E-state index in [0.717, 1.165) is 46.4 Å². The van der Waals surface area contributed by atoms with Gasteiger partial charge < -0.3 is 9.84 Å². The van der Waals surface area contributed by atoms with Gasteiger partial charge in [0.2, 0.25) is 0 Å². The maximum atomic E-state index is 11.9. The molecular weight excluding hydrogens is 368 g/mol. The van der Waals surface area contributed by atoms with Crippen molar-refractivity contribution in [3.8, 4) is 5.75 Å². The molecule has 0 unspecified atom stereocenters. The Hall–Kier alpha value is -1.69. The molecule has 2 heterocycles. The number of ether oxygens (including phenoxy) is 1. The first-order valence-electron chi connectivity index (χ1n) is 8.71. The Balaban J connectivity index is 1.90. The minimum atomic E-state index is -1.17. The standard InChI is InChI=1S/C20H22ClN2O2S/c1-14-4-9-18(25-2)17(12-14)23-19-22(10-3-11-26-19)13-20(23,24)15-5-7-16(21)8-6-15/h4-9,12,24H,3,10-11,13H2,1-2H3/q+1/t20-/m1/s1. The van der Waals surface area contributed by atoms with Crippen molar-refractivity contribution in [2.24, 2.45) is 0 Å². The summed E-state index contributed by atoms with van der Waals surface area (Å²) in [7, 11) is 1.67. The molecule has 136 valence electrons. The van der Waals surface area contributed by atoms with Crippen LogP contribution >= 0.6 is 23.4 Å². The number of benzene rings is 2. The molecule has 2 aromatic rings. The SMILES string of the molecule is COc1ccc(C)cc1N1C2=[N+](CCCS2)C[C@@]1(O)c1ccc(Cl)cc1. The van der Waals surface area contributed by atoms with Crippen LogP contribution in [-0.4, -0.2) is 40.8 Å². The van der Waals surface area contributed by atoms with Crippen molar-refractivity contribution in [3.05, 3.63) is 58.6 Å². The maximum absolute atomic E-state index is 11.9. The highest BCUT2D eigenvalue weighted by atomic mass is 35.5. The molecule has 1 N–H and O–H groups in total. The van der Waals surface area contributed by atoms with Gasteiger partial charge in [-0.1, -0.05) is 29.8 Å². The van der Waals surface area contributed by atoms with Gasteiger partial charge in [-0.15, -0.1) is 0 Å². The first-order chi connectivity index (χ1) is 12.5. The molecule has 0 aliphatic carbocycles. The zero-order valence-electron chi connectivity index (χ0n) is 14.9. The van der Waals surface area contributed by atoms with Gasteiger partial charge in [-0.2, -0.15) is 4.90 Å². The van der Waals surface area contributed by atoms with Crippen LogP contribution in [0.25, 0.3) is 0 Å². The number of hydrogen-bond donors (Lipinski definition) is 1. The van der Waals surface area contributed by atoms with Crippen LogP contribution in [0.3, 0.4) is 0 Å². The van der Waals surface area contributed by atoms with E-state index in [2.05, 4.69) is 17.6 Å². The van der Waals surface area contributed by atoms with E-state index < -0.39 is 5.72 Å². The average Bonchev–Trinajstić information content (AvgIpc) is 2.95. The smallest absolute Gasteiger partial charge is 0.316 e. The maximum Gasteiger partial charge on any atom is 0.316 e. The third kappa shape index (κ3) is 2.88. The lowest BCUT2D eigenvalue weighted by Crippen LogP contribution is -2.46. The molecule has 0 aromatic heterocycles. The summed E-state index contributed by atoms with van der Waals surface area (Å²) in [4.78, 5) is 2.03. The summed E-state index contributed by atoms with van der Waals surface area (Å²) in [6, 6.07) is 13.5. The molecule has 2 aliphatic rings. The lowest BCUT2D eigenvalue weighted by Gasteiger charge is -2.29. The number of nitrogens with zero attached hydrogens (tertiary/aromatic N) is 2. The Morgan fingerprint density at radius 2 is 2.00 bits per heavy atom. The van der Waals surface area contributed by atoms with E-state index in [9.17, 15) is 5.11 Å². The van der Waals surface area contributed by atoms with Crippen molar-refractivity contribution in [3.63, 3.8) is 0 Å². The van der Waals surface area contributed by atoms with E-state index in [4.69, 9.17) is 16.3 Å². The third-order valence-electron chi connectivity index (χ3n) is 4.93. The van der Waals surface area contributed by atoms with Crippen LogP contribution < -0.4 is 9.64 Å². The molecule has 4 nitrogen and oxygen atoms in total. The van der Waals surface area contributed by atoms with E-state index in [1.165, 1.54) is 0 Å². The quantitative estimate of drug-likeness (QED) is 0.809. The number of aryl methyl sites for hydroxylation is 1. The molecule has 0 saturated carbocycles. The molecule has 2 aliphatic heterocycles. The van der Waals surface area contributed by atoms with Gasteiger partial charge in [0, 0.05) is 16.3 Å². The number of rotatable bonds is 3. The summed E-state index contributed by atoms with van der Waals surface area (Å²) in [6.45, 7) is 3.52. The molecule has 2 aromatic carbocycles. The lowest BCUT2D eigenvalue weighted by atomic mass is 10.0. The molecule has 1 atom stereocenters. The van der Waals surface area contributed by atoms with Crippen LogP contribution in [0.15, 0.2) is 42.5 Å². The molecule has 0 radical (unpaired) electrons. The van der Waals surface area contributed by atoms with Crippen LogP contribution in [0.1, 0.15) is 17.5 Å². The third-order valence-corrected chi connectivity index (χ3v) is 6.37. The highest BCUT2D eigenvalue weighted by Crippen LogP contribution is 2.43. The van der Waals surface area contributed by atoms with Gasteiger partial charge in [0.05, 0.1) is 13.7 Å². The molecule has 0 fully saturated rings. The molecule has 0 spiro atoms. The minimum absolute atomic E-state index is 0.522. The highest BCUT2D eigenvalue weighted by Gasteiger charge is 2.56. The summed E-state index contributed by atoms with van der Waals surface area (Å²) in [6.07, 6.45) is 1.11. The van der Waals surface area contributed by atoms with E-state index in [-0.39, 0.29) is 0 Å². The fourth-order valence-electron chi connectivity index (χ4n) is 3.67. The van der Waals surface area contributed by atoms with Crippen LogP contribution in [0.5, 0.6) is 5.75 Å². The number of amidine groups is 1. The van der Waals surface area contributed by atoms with E-state index in [0.29, 0.717) is 11.6 Å². The van der Waals surface area contributed by atoms with Crippen LogP contribution in [0, 0.1) is 6.92 Å². The van der Waals surface area contributed by atoms with E-state index >= 15 is 0 Å². The first-order valence-corrected chi connectivity index (χ1v) is 10.1. The zero-order valence-corrected chi connectivity index (χ0v) is 16.5. The van der Waals surface area contributed by atoms with Crippen molar-refractivity contribution < 1.29 is 14.4 Å². The van der Waals surface area contributed by atoms with Crippen molar-refractivity contribution >= 4 is 34.2 Å². The van der Waals surface area contributed by atoms with Crippen molar-refractivity contribution in [2.45, 2.75) is 19.1 Å². The topological polar surface area (TPSA) is 35.7 Å². The van der Waals surface area contributed by atoms with Crippen LogP contribution in [0.2, 0.25) is 5.02 Å². The Morgan fingerprint density at radius 1 is 1.23 bits per heavy atom. The van der Waals surface area contributed by atoms with Crippen molar-refractivity contribution in [1.82, 2.24) is 0 Å². The van der Waals surface area contributed by atoms with Gasteiger partial charge >= 0.3 is 5.17 Å². The Bertz CT molecular complexity index is 869. The Morgan fingerprint density at radius 3 is 2.73 bits per heavy atom. The summed E-state index contributed by atoms with van der Waals surface area (Å²) in [5.41, 5.74) is 1.67. The second kappa shape index (κ2) is 6.80. The predicted octanol–water partition coefficient (Wildman–Crippen LogP) is 3.83. The Kier molecular flexibility index (Phi) is 4.63. The molecule has 0 saturated heterocycles. The number of aliphatic hydroxyl groups is 1. The molecule has 0 bridgehead atoms. The minimum Gasteiger partial charge on any atom is -0.492 e. The zero-order chi connectivity index (χ0) is 18.3. The molecular formula is C20H22ClN2O2S+. The number of halogens is 1. The second-order valence-electron chi connectivity index (χ2n) is 6.74. The van der Waals surface area contributed by atoms with E-state index in [1.807, 2.05) is 41.3 Å². The van der Waals surface area contributed by atoms with Gasteiger partial charge in [0.25, 0.3) is 5.72 Å². The normalized spacial score (nSPS) is 22.5. The lowest BCUT2D eigenvalue weighted by molar-refractivity contribution is -0.532. The van der Waals surface area contributed by atoms with Gasteiger partial charge in [-0.3, -0.25) is 0 Å². The van der Waals surface area contributed by atoms with E-state index in [1.54, 1.807) is 18.9 Å². The fourth-order valence-corrected chi connectivity index (χ4v) is 4.97. The van der Waals surface area contributed by atoms with Gasteiger partial charge in [-0.05, 0) is 54.9 Å². The van der Waals surface area contributed by atoms with Gasteiger partial charge in [0.15, 0.2) is 18.0 Å². The number of methoxy groups -OCH3 is 1. The highest BCUT2D eigenvalue weighted by molar-refractivity contribution is 8.14. The van der Waals surface area contributed by atoms with Crippen molar-refractivity contribution in [2.75, 3.05) is 30.9 Å². The molecule has 26 heavy (non-hydrogen) atoms. The number of thioether (sulfide) groups is 1. The van der Waals surface area contributed by atoms with Crippen LogP contribution in [-0.2, 0) is 5.72 Å². The van der Waals surface area contributed by atoms with Gasteiger partial charge in [0.1, 0.15) is 0 Å². The largest absolute Gasteiger partial charge is 0.492 e. The van der Waals surface area contributed by atoms with Gasteiger partial charge in [-0.25, -0.2) is 4.58 Å². The van der Waals surface area contributed by atoms with Crippen LogP contribution in [0.4, 0.5) is 5.69 Å². The molecule has 4 rings (SSSR count). The molecule has 0 amide bonds. The summed E-state index contributed by atoms with van der Waals surface area (Å²) in [5, 5.41) is 13.6. The summed E-state index contributed by atoms with van der Waals surface area (Å²) < 4.78 is 7.89. The number of anilines is 1. The molecule has 6 heteroatoms. The monoisotopic (exact) mass is 389 g/mol. The second-order valence-corrected chi connectivity index (χ2v) is 8.24. The predicted molar refractivity (Wildman–Crippen MR) is 108 cm³/mol. The Labute approximate surface area is 163 Å². The summed E-state index contributed by atoms with van der Waals surface area (Å²) in [5.74, 6) is 1.80. The number of hydrogen-bond acceptors (Lipinski definition) is 4. The first kappa shape index (κ1) is 17.7. The summed E-state index contributed by atoms with van der Waals surface area (Å²) >= 11 is 7.86. The average molecular weight is 390 g/mol. The van der Waals surface area contributed by atoms with Crippen molar-refractivity contribution in [1.29, 1.82) is 0 Å².